The lowest BCUT2D eigenvalue weighted by atomic mass is 9.92. The van der Waals surface area contributed by atoms with E-state index in [0.717, 1.165) is 55.2 Å². The monoisotopic (exact) mass is 371 g/mol. The predicted octanol–water partition coefficient (Wildman–Crippen LogP) is 2.98. The molecule has 2 aromatic carbocycles. The van der Waals surface area contributed by atoms with Gasteiger partial charge in [0, 0.05) is 24.2 Å². The van der Waals surface area contributed by atoms with Crippen molar-refractivity contribution in [3.63, 3.8) is 0 Å². The van der Waals surface area contributed by atoms with Crippen LogP contribution in [-0.2, 0) is 32.4 Å². The molecule has 0 spiro atoms. The van der Waals surface area contributed by atoms with Gasteiger partial charge in [0.15, 0.2) is 11.5 Å². The first-order valence-electron chi connectivity index (χ1n) is 9.32. The maximum atomic E-state index is 9.68. The first-order chi connectivity index (χ1) is 13.1. The number of methoxy groups -OCH3 is 3. The van der Waals surface area contributed by atoms with Gasteiger partial charge in [0.05, 0.1) is 27.9 Å². The van der Waals surface area contributed by atoms with Gasteiger partial charge >= 0.3 is 0 Å². The number of benzene rings is 2. The van der Waals surface area contributed by atoms with E-state index < -0.39 is 0 Å². The molecule has 1 N–H and O–H groups in total. The highest BCUT2D eigenvalue weighted by atomic mass is 16.5. The van der Waals surface area contributed by atoms with Gasteiger partial charge in [-0.05, 0) is 61.2 Å². The van der Waals surface area contributed by atoms with Gasteiger partial charge in [-0.3, -0.25) is 0 Å². The number of rotatable bonds is 4. The van der Waals surface area contributed by atoms with Crippen LogP contribution in [0.1, 0.15) is 27.8 Å². The molecule has 0 bridgehead atoms. The van der Waals surface area contributed by atoms with Crippen molar-refractivity contribution in [2.24, 2.45) is 0 Å². The maximum Gasteiger partial charge on any atom is 0.165 e. The van der Waals surface area contributed by atoms with Crippen molar-refractivity contribution >= 4 is 0 Å². The largest absolute Gasteiger partial charge is 0.496 e. The summed E-state index contributed by atoms with van der Waals surface area (Å²) in [6, 6.07) is 8.31. The molecule has 3 rings (SSSR count). The Morgan fingerprint density at radius 2 is 1.59 bits per heavy atom. The molecule has 0 aliphatic carbocycles. The third-order valence-corrected chi connectivity index (χ3v) is 5.37. The van der Waals surface area contributed by atoms with Crippen LogP contribution in [0, 0.1) is 0 Å². The smallest absolute Gasteiger partial charge is 0.165 e. The first kappa shape index (κ1) is 19.5. The molecule has 0 amide bonds. The van der Waals surface area contributed by atoms with E-state index in [-0.39, 0.29) is 6.61 Å². The molecular formula is C22H29NO4. The Balaban J connectivity index is 2.04. The van der Waals surface area contributed by atoms with Gasteiger partial charge in [-0.25, -0.2) is 0 Å². The maximum absolute atomic E-state index is 9.68. The SMILES string of the molecule is COc1cc2c(cc1CO)CCc1ccc(OC)c(OC)c1CN(C)CC2. The normalized spacial score (nSPS) is 14.9. The zero-order valence-electron chi connectivity index (χ0n) is 16.7. The second kappa shape index (κ2) is 8.63. The van der Waals surface area contributed by atoms with Crippen LogP contribution in [0.3, 0.4) is 0 Å². The average molecular weight is 371 g/mol. The van der Waals surface area contributed by atoms with E-state index in [1.807, 2.05) is 6.07 Å². The molecule has 1 aliphatic heterocycles. The second-order valence-corrected chi connectivity index (χ2v) is 7.02. The van der Waals surface area contributed by atoms with E-state index in [0.29, 0.717) is 0 Å². The molecule has 0 unspecified atom stereocenters. The minimum absolute atomic E-state index is 0.0159. The van der Waals surface area contributed by atoms with Crippen molar-refractivity contribution in [2.45, 2.75) is 32.4 Å². The van der Waals surface area contributed by atoms with Gasteiger partial charge in [0.25, 0.3) is 0 Å². The number of hydrogen-bond acceptors (Lipinski definition) is 5. The van der Waals surface area contributed by atoms with E-state index in [4.69, 9.17) is 14.2 Å². The molecule has 0 saturated carbocycles. The van der Waals surface area contributed by atoms with Crippen LogP contribution in [0.4, 0.5) is 0 Å². The molecule has 2 aromatic rings. The quantitative estimate of drug-likeness (QED) is 0.895. The lowest BCUT2D eigenvalue weighted by Gasteiger charge is -2.25. The fourth-order valence-corrected chi connectivity index (χ4v) is 3.87. The Hall–Kier alpha value is -2.24. The summed E-state index contributed by atoms with van der Waals surface area (Å²) in [5.41, 5.74) is 5.87. The summed E-state index contributed by atoms with van der Waals surface area (Å²) >= 11 is 0. The number of ether oxygens (including phenoxy) is 3. The summed E-state index contributed by atoms with van der Waals surface area (Å²) in [6.07, 6.45) is 2.77. The fraction of sp³-hybridized carbons (Fsp3) is 0.455. The summed E-state index contributed by atoms with van der Waals surface area (Å²) in [6.45, 7) is 1.73. The summed E-state index contributed by atoms with van der Waals surface area (Å²) in [4.78, 5) is 2.31. The lowest BCUT2D eigenvalue weighted by molar-refractivity contribution is 0.273. The van der Waals surface area contributed by atoms with Crippen molar-refractivity contribution < 1.29 is 19.3 Å². The van der Waals surface area contributed by atoms with Crippen molar-refractivity contribution in [1.29, 1.82) is 0 Å². The third kappa shape index (κ3) is 4.04. The average Bonchev–Trinajstić information content (AvgIpc) is 2.70. The first-order valence-corrected chi connectivity index (χ1v) is 9.32. The van der Waals surface area contributed by atoms with Crippen LogP contribution >= 0.6 is 0 Å². The van der Waals surface area contributed by atoms with Crippen LogP contribution in [0.2, 0.25) is 0 Å². The summed E-state index contributed by atoms with van der Waals surface area (Å²) in [7, 11) is 7.16. The van der Waals surface area contributed by atoms with Gasteiger partial charge in [-0.15, -0.1) is 0 Å². The molecule has 0 saturated heterocycles. The van der Waals surface area contributed by atoms with Crippen molar-refractivity contribution in [1.82, 2.24) is 4.90 Å². The second-order valence-electron chi connectivity index (χ2n) is 7.02. The zero-order valence-corrected chi connectivity index (χ0v) is 16.7. The predicted molar refractivity (Wildman–Crippen MR) is 106 cm³/mol. The van der Waals surface area contributed by atoms with E-state index in [2.05, 4.69) is 30.1 Å². The van der Waals surface area contributed by atoms with E-state index in [1.54, 1.807) is 21.3 Å². The van der Waals surface area contributed by atoms with Gasteiger partial charge in [-0.2, -0.15) is 0 Å². The van der Waals surface area contributed by atoms with Gasteiger partial charge in [0.1, 0.15) is 5.75 Å². The molecular weight excluding hydrogens is 342 g/mol. The molecule has 27 heavy (non-hydrogen) atoms. The Kier molecular flexibility index (Phi) is 6.24. The van der Waals surface area contributed by atoms with E-state index >= 15 is 0 Å². The number of likely N-dealkylation sites (N-methyl/N-ethyl adjacent to an activating group) is 1. The Morgan fingerprint density at radius 1 is 0.889 bits per heavy atom. The van der Waals surface area contributed by atoms with Gasteiger partial charge < -0.3 is 24.2 Å². The number of nitrogens with zero attached hydrogens (tertiary/aromatic N) is 1. The Bertz CT molecular complexity index is 803. The van der Waals surface area contributed by atoms with Gasteiger partial charge in [0.2, 0.25) is 0 Å². The minimum Gasteiger partial charge on any atom is -0.496 e. The molecule has 0 radical (unpaired) electrons. The van der Waals surface area contributed by atoms with Gasteiger partial charge in [-0.1, -0.05) is 6.07 Å². The Morgan fingerprint density at radius 3 is 2.26 bits per heavy atom. The molecule has 146 valence electrons. The summed E-state index contributed by atoms with van der Waals surface area (Å²) < 4.78 is 16.6. The minimum atomic E-state index is -0.0159. The topological polar surface area (TPSA) is 51.2 Å². The number of hydrogen-bond donors (Lipinski definition) is 1. The van der Waals surface area contributed by atoms with Crippen molar-refractivity contribution in [3.8, 4) is 17.2 Å². The number of fused-ring (bicyclic) bond motifs is 2. The lowest BCUT2D eigenvalue weighted by Crippen LogP contribution is -2.23. The van der Waals surface area contributed by atoms with Crippen molar-refractivity contribution in [2.75, 3.05) is 34.9 Å². The van der Waals surface area contributed by atoms with Crippen LogP contribution in [0.5, 0.6) is 17.2 Å². The van der Waals surface area contributed by atoms with E-state index in [9.17, 15) is 5.11 Å². The highest BCUT2D eigenvalue weighted by Crippen LogP contribution is 2.36. The molecule has 0 atom stereocenters. The molecule has 1 heterocycles. The van der Waals surface area contributed by atoms with E-state index in [1.165, 1.54) is 22.3 Å². The number of aliphatic hydroxyl groups is 1. The fourth-order valence-electron chi connectivity index (χ4n) is 3.87. The zero-order chi connectivity index (χ0) is 19.4. The highest BCUT2D eigenvalue weighted by molar-refractivity contribution is 5.51. The van der Waals surface area contributed by atoms with Crippen LogP contribution in [-0.4, -0.2) is 44.9 Å². The molecule has 5 heteroatoms. The molecule has 5 nitrogen and oxygen atoms in total. The van der Waals surface area contributed by atoms with Crippen LogP contribution < -0.4 is 14.2 Å². The summed E-state index contributed by atoms with van der Waals surface area (Å²) in [5.74, 6) is 2.37. The number of aliphatic hydroxyl groups excluding tert-OH is 1. The molecule has 1 aliphatic rings. The highest BCUT2D eigenvalue weighted by Gasteiger charge is 2.19. The van der Waals surface area contributed by atoms with Crippen molar-refractivity contribution in [3.05, 3.63) is 52.1 Å². The Labute approximate surface area is 161 Å². The molecule has 0 aromatic heterocycles. The molecule has 0 fully saturated rings. The van der Waals surface area contributed by atoms with Crippen LogP contribution in [0.25, 0.3) is 0 Å². The third-order valence-electron chi connectivity index (χ3n) is 5.37. The van der Waals surface area contributed by atoms with Crippen LogP contribution in [0.15, 0.2) is 24.3 Å². The number of aryl methyl sites for hydroxylation is 2. The summed E-state index contributed by atoms with van der Waals surface area (Å²) in [5, 5.41) is 9.68. The standard InChI is InChI=1S/C22H29NO4/c1-23-10-9-17-12-21(26-3)18(14-24)11-16(17)6-5-15-7-8-20(25-2)22(27-4)19(15)13-23/h7-8,11-12,24H,5-6,9-10,13-14H2,1-4H3.